The fourth-order valence-electron chi connectivity index (χ4n) is 2.23. The van der Waals surface area contributed by atoms with Gasteiger partial charge in [0.15, 0.2) is 0 Å². The molecule has 0 bridgehead atoms. The predicted molar refractivity (Wildman–Crippen MR) is 46.4 cm³/mol. The second-order valence-corrected chi connectivity index (χ2v) is 3.67. The number of rotatable bonds is 2. The molecule has 1 nitrogen and oxygen atoms in total. The van der Waals surface area contributed by atoms with Gasteiger partial charge in [-0.3, -0.25) is 4.79 Å². The van der Waals surface area contributed by atoms with Crippen molar-refractivity contribution >= 4 is 5.78 Å². The molecular weight excluding hydrogens is 136 g/mol. The Morgan fingerprint density at radius 1 is 1.36 bits per heavy atom. The predicted octanol–water partition coefficient (Wildman–Crippen LogP) is 2.79. The smallest absolute Gasteiger partial charge is 0.133 e. The Morgan fingerprint density at radius 2 is 2.00 bits per heavy atom. The van der Waals surface area contributed by atoms with Crippen LogP contribution < -0.4 is 0 Å². The quantitative estimate of drug-likeness (QED) is 0.597. The van der Waals surface area contributed by atoms with Gasteiger partial charge in [0.2, 0.25) is 0 Å². The SMILES string of the molecule is CC[C@@H]1CCCC[C@H]1C(C)=O. The molecule has 2 atom stereocenters. The van der Waals surface area contributed by atoms with Gasteiger partial charge in [-0.15, -0.1) is 0 Å². The number of ketones is 1. The Hall–Kier alpha value is -0.330. The summed E-state index contributed by atoms with van der Waals surface area (Å²) in [6.07, 6.45) is 6.21. The van der Waals surface area contributed by atoms with Crippen LogP contribution in [-0.4, -0.2) is 5.78 Å². The van der Waals surface area contributed by atoms with Crippen molar-refractivity contribution in [1.82, 2.24) is 0 Å². The van der Waals surface area contributed by atoms with Gasteiger partial charge in [-0.2, -0.15) is 0 Å². The van der Waals surface area contributed by atoms with Crippen LogP contribution in [0.5, 0.6) is 0 Å². The Kier molecular flexibility index (Phi) is 3.10. The van der Waals surface area contributed by atoms with Crippen LogP contribution >= 0.6 is 0 Å². The molecule has 0 radical (unpaired) electrons. The minimum atomic E-state index is 0.397. The first-order valence-corrected chi connectivity index (χ1v) is 4.76. The Bertz CT molecular complexity index is 140. The molecule has 0 N–H and O–H groups in total. The summed E-state index contributed by atoms with van der Waals surface area (Å²) in [7, 11) is 0. The van der Waals surface area contributed by atoms with Gasteiger partial charge in [-0.25, -0.2) is 0 Å². The molecule has 1 aliphatic rings. The highest BCUT2D eigenvalue weighted by atomic mass is 16.1. The monoisotopic (exact) mass is 154 g/mol. The van der Waals surface area contributed by atoms with E-state index in [1.54, 1.807) is 6.92 Å². The molecule has 0 aromatic heterocycles. The van der Waals surface area contributed by atoms with Crippen LogP contribution in [0.3, 0.4) is 0 Å². The second kappa shape index (κ2) is 3.89. The summed E-state index contributed by atoms with van der Waals surface area (Å²) in [6, 6.07) is 0. The lowest BCUT2D eigenvalue weighted by Gasteiger charge is -2.28. The number of hydrogen-bond acceptors (Lipinski definition) is 1. The first kappa shape index (κ1) is 8.76. The highest BCUT2D eigenvalue weighted by Gasteiger charge is 2.26. The van der Waals surface area contributed by atoms with Crippen molar-refractivity contribution in [2.24, 2.45) is 11.8 Å². The van der Waals surface area contributed by atoms with Gasteiger partial charge in [0.25, 0.3) is 0 Å². The molecule has 64 valence electrons. The molecule has 1 heteroatoms. The van der Waals surface area contributed by atoms with Crippen LogP contribution in [0, 0.1) is 11.8 Å². The van der Waals surface area contributed by atoms with E-state index in [4.69, 9.17) is 0 Å². The van der Waals surface area contributed by atoms with Crippen molar-refractivity contribution in [1.29, 1.82) is 0 Å². The zero-order valence-corrected chi connectivity index (χ0v) is 7.60. The van der Waals surface area contributed by atoms with Gasteiger partial charge in [0.1, 0.15) is 5.78 Å². The van der Waals surface area contributed by atoms with Gasteiger partial charge in [-0.05, 0) is 25.7 Å². The van der Waals surface area contributed by atoms with Crippen molar-refractivity contribution in [3.8, 4) is 0 Å². The first-order valence-electron chi connectivity index (χ1n) is 4.76. The van der Waals surface area contributed by atoms with Crippen molar-refractivity contribution in [3.05, 3.63) is 0 Å². The summed E-state index contributed by atoms with van der Waals surface area (Å²) in [5.74, 6) is 1.51. The molecular formula is C10H18O. The topological polar surface area (TPSA) is 17.1 Å². The molecule has 0 amide bonds. The van der Waals surface area contributed by atoms with E-state index in [0.29, 0.717) is 17.6 Å². The second-order valence-electron chi connectivity index (χ2n) is 3.67. The third kappa shape index (κ3) is 2.05. The van der Waals surface area contributed by atoms with E-state index in [0.717, 1.165) is 6.42 Å². The van der Waals surface area contributed by atoms with E-state index in [-0.39, 0.29) is 0 Å². The first-order chi connectivity index (χ1) is 5.25. The van der Waals surface area contributed by atoms with E-state index >= 15 is 0 Å². The summed E-state index contributed by atoms with van der Waals surface area (Å²) >= 11 is 0. The molecule has 0 aliphatic heterocycles. The summed E-state index contributed by atoms with van der Waals surface area (Å²) in [4.78, 5) is 11.2. The van der Waals surface area contributed by atoms with Gasteiger partial charge in [0.05, 0.1) is 0 Å². The Morgan fingerprint density at radius 3 is 2.45 bits per heavy atom. The molecule has 0 unspecified atom stereocenters. The molecule has 0 spiro atoms. The molecule has 1 rings (SSSR count). The largest absolute Gasteiger partial charge is 0.300 e. The zero-order valence-electron chi connectivity index (χ0n) is 7.60. The number of carbonyl (C=O) groups excluding carboxylic acids is 1. The number of Topliss-reactive ketones (excluding diaryl/α,β-unsaturated/α-hetero) is 1. The highest BCUT2D eigenvalue weighted by Crippen LogP contribution is 2.32. The van der Waals surface area contributed by atoms with Gasteiger partial charge < -0.3 is 0 Å². The standard InChI is InChI=1S/C10H18O/c1-3-9-6-4-5-7-10(9)8(2)11/h9-10H,3-7H2,1-2H3/t9-,10+/m1/s1. The molecule has 1 aliphatic carbocycles. The minimum absolute atomic E-state index is 0.397. The lowest BCUT2D eigenvalue weighted by atomic mass is 9.76. The van der Waals surface area contributed by atoms with Crippen LogP contribution in [-0.2, 0) is 4.79 Å². The summed E-state index contributed by atoms with van der Waals surface area (Å²) < 4.78 is 0. The molecule has 1 fully saturated rings. The summed E-state index contributed by atoms with van der Waals surface area (Å²) in [6.45, 7) is 3.95. The average Bonchev–Trinajstić information content (AvgIpc) is 2.04. The molecule has 0 aromatic rings. The van der Waals surface area contributed by atoms with Crippen molar-refractivity contribution in [3.63, 3.8) is 0 Å². The van der Waals surface area contributed by atoms with E-state index in [1.165, 1.54) is 25.7 Å². The third-order valence-corrected chi connectivity index (χ3v) is 2.96. The van der Waals surface area contributed by atoms with Crippen molar-refractivity contribution < 1.29 is 4.79 Å². The lowest BCUT2D eigenvalue weighted by Crippen LogP contribution is -2.24. The van der Waals surface area contributed by atoms with Crippen LogP contribution in [0.15, 0.2) is 0 Å². The summed E-state index contributed by atoms with van der Waals surface area (Å²) in [5, 5.41) is 0. The number of carbonyl (C=O) groups is 1. The summed E-state index contributed by atoms with van der Waals surface area (Å²) in [5.41, 5.74) is 0. The van der Waals surface area contributed by atoms with Crippen LogP contribution in [0.25, 0.3) is 0 Å². The maximum absolute atomic E-state index is 11.2. The number of hydrogen-bond donors (Lipinski definition) is 0. The van der Waals surface area contributed by atoms with Crippen LogP contribution in [0.2, 0.25) is 0 Å². The fraction of sp³-hybridized carbons (Fsp3) is 0.900. The van der Waals surface area contributed by atoms with Gasteiger partial charge in [-0.1, -0.05) is 26.2 Å². The highest BCUT2D eigenvalue weighted by molar-refractivity contribution is 5.78. The maximum Gasteiger partial charge on any atom is 0.133 e. The molecule has 0 heterocycles. The molecule has 0 aromatic carbocycles. The minimum Gasteiger partial charge on any atom is -0.300 e. The van der Waals surface area contributed by atoms with Crippen LogP contribution in [0.1, 0.15) is 46.0 Å². The van der Waals surface area contributed by atoms with E-state index in [9.17, 15) is 4.79 Å². The molecule has 0 saturated heterocycles. The normalized spacial score (nSPS) is 31.8. The van der Waals surface area contributed by atoms with Gasteiger partial charge in [0, 0.05) is 5.92 Å². The van der Waals surface area contributed by atoms with E-state index in [2.05, 4.69) is 6.92 Å². The molecule has 1 saturated carbocycles. The third-order valence-electron chi connectivity index (χ3n) is 2.96. The Balaban J connectivity index is 2.51. The van der Waals surface area contributed by atoms with Gasteiger partial charge >= 0.3 is 0 Å². The average molecular weight is 154 g/mol. The van der Waals surface area contributed by atoms with Crippen LogP contribution in [0.4, 0.5) is 0 Å². The van der Waals surface area contributed by atoms with Crippen molar-refractivity contribution in [2.75, 3.05) is 0 Å². The molecule has 11 heavy (non-hydrogen) atoms. The van der Waals surface area contributed by atoms with E-state index in [1.807, 2.05) is 0 Å². The maximum atomic E-state index is 11.2. The van der Waals surface area contributed by atoms with E-state index < -0.39 is 0 Å². The lowest BCUT2D eigenvalue weighted by molar-refractivity contribution is -0.123. The van der Waals surface area contributed by atoms with Crippen molar-refractivity contribution in [2.45, 2.75) is 46.0 Å². The zero-order chi connectivity index (χ0) is 8.27. The Labute approximate surface area is 69.2 Å². The fourth-order valence-corrected chi connectivity index (χ4v) is 2.23.